The Balaban J connectivity index is 1.62. The van der Waals surface area contributed by atoms with Gasteiger partial charge in [0.15, 0.2) is 0 Å². The van der Waals surface area contributed by atoms with E-state index in [1.165, 1.54) is 16.4 Å². The molecular formula is C20H29N3O4S. The first-order valence-electron chi connectivity index (χ1n) is 10.1. The number of carbonyl (C=O) groups excluding carboxylic acids is 2. The number of likely N-dealkylation sites (tertiary alicyclic amines) is 1. The van der Waals surface area contributed by atoms with Gasteiger partial charge < -0.3 is 10.2 Å². The van der Waals surface area contributed by atoms with Crippen LogP contribution in [0.25, 0.3) is 0 Å². The van der Waals surface area contributed by atoms with Crippen molar-refractivity contribution >= 4 is 27.5 Å². The predicted molar refractivity (Wildman–Crippen MR) is 107 cm³/mol. The highest BCUT2D eigenvalue weighted by Crippen LogP contribution is 2.32. The number of nitrogens with one attached hydrogen (secondary N) is 1. The summed E-state index contributed by atoms with van der Waals surface area (Å²) in [6, 6.07) is 6.27. The highest BCUT2D eigenvalue weighted by molar-refractivity contribution is 7.89. The third-order valence-corrected chi connectivity index (χ3v) is 7.56. The van der Waals surface area contributed by atoms with Crippen LogP contribution >= 0.6 is 0 Å². The molecular weight excluding hydrogens is 378 g/mol. The van der Waals surface area contributed by atoms with Gasteiger partial charge in [0.25, 0.3) is 0 Å². The second kappa shape index (κ2) is 8.61. The third kappa shape index (κ3) is 4.55. The summed E-state index contributed by atoms with van der Waals surface area (Å²) in [4.78, 5) is 26.9. The average molecular weight is 408 g/mol. The summed E-state index contributed by atoms with van der Waals surface area (Å²) in [5.74, 6) is 0.00811. The zero-order valence-electron chi connectivity index (χ0n) is 16.6. The zero-order valence-corrected chi connectivity index (χ0v) is 17.4. The zero-order chi connectivity index (χ0) is 20.3. The maximum atomic E-state index is 12.6. The van der Waals surface area contributed by atoms with Crippen molar-refractivity contribution < 1.29 is 18.0 Å². The van der Waals surface area contributed by atoms with Gasteiger partial charge in [-0.1, -0.05) is 13.8 Å². The standard InChI is InChI=1S/C20H29N3O4S/c1-3-23(4-2)28(26,27)18-11-9-17(10-12-18)21-19(24)16-6-5-13-22(14-16)20(25)15-7-8-15/h9-12,15-16H,3-8,13-14H2,1-2H3,(H,21,24). The van der Waals surface area contributed by atoms with Gasteiger partial charge in [0, 0.05) is 37.8 Å². The monoisotopic (exact) mass is 407 g/mol. The van der Waals surface area contributed by atoms with E-state index in [4.69, 9.17) is 0 Å². The molecule has 154 valence electrons. The number of hydrogen-bond donors (Lipinski definition) is 1. The van der Waals surface area contributed by atoms with E-state index in [0.717, 1.165) is 32.2 Å². The van der Waals surface area contributed by atoms with Crippen LogP contribution in [0.3, 0.4) is 0 Å². The lowest BCUT2D eigenvalue weighted by molar-refractivity contribution is -0.135. The van der Waals surface area contributed by atoms with Crippen LogP contribution in [-0.4, -0.2) is 55.6 Å². The summed E-state index contributed by atoms with van der Waals surface area (Å²) in [5, 5.41) is 2.87. The molecule has 2 fully saturated rings. The minimum Gasteiger partial charge on any atom is -0.342 e. The lowest BCUT2D eigenvalue weighted by Gasteiger charge is -2.32. The van der Waals surface area contributed by atoms with E-state index < -0.39 is 10.0 Å². The SMILES string of the molecule is CCN(CC)S(=O)(=O)c1ccc(NC(=O)C2CCCN(C(=O)C3CC3)C2)cc1. The van der Waals surface area contributed by atoms with Crippen LogP contribution in [-0.2, 0) is 19.6 Å². The molecule has 1 saturated carbocycles. The molecule has 1 aromatic carbocycles. The van der Waals surface area contributed by atoms with Crippen LogP contribution < -0.4 is 5.32 Å². The second-order valence-electron chi connectivity index (χ2n) is 7.50. The Labute approximate surface area is 167 Å². The first kappa shape index (κ1) is 20.8. The molecule has 1 aliphatic heterocycles. The van der Waals surface area contributed by atoms with E-state index in [1.54, 1.807) is 26.0 Å². The summed E-state index contributed by atoms with van der Waals surface area (Å²) < 4.78 is 26.5. The van der Waals surface area contributed by atoms with Crippen LogP contribution in [0.2, 0.25) is 0 Å². The van der Waals surface area contributed by atoms with Crippen LogP contribution in [0.15, 0.2) is 29.2 Å². The molecule has 1 saturated heterocycles. The van der Waals surface area contributed by atoms with E-state index in [0.29, 0.717) is 25.3 Å². The van der Waals surface area contributed by atoms with E-state index >= 15 is 0 Å². The minimum absolute atomic E-state index is 0.118. The van der Waals surface area contributed by atoms with Gasteiger partial charge in [-0.15, -0.1) is 0 Å². The molecule has 1 atom stereocenters. The largest absolute Gasteiger partial charge is 0.342 e. The van der Waals surface area contributed by atoms with Gasteiger partial charge in [-0.3, -0.25) is 9.59 Å². The normalized spacial score (nSPS) is 20.2. The molecule has 1 heterocycles. The number of rotatable bonds is 7. The average Bonchev–Trinajstić information content (AvgIpc) is 3.54. The van der Waals surface area contributed by atoms with Gasteiger partial charge in [0.1, 0.15) is 0 Å². The molecule has 0 spiro atoms. The summed E-state index contributed by atoms with van der Waals surface area (Å²) >= 11 is 0. The van der Waals surface area contributed by atoms with E-state index in [9.17, 15) is 18.0 Å². The van der Waals surface area contributed by atoms with Gasteiger partial charge >= 0.3 is 0 Å². The topological polar surface area (TPSA) is 86.8 Å². The maximum absolute atomic E-state index is 12.6. The van der Waals surface area contributed by atoms with Crippen molar-refractivity contribution in [2.24, 2.45) is 11.8 Å². The highest BCUT2D eigenvalue weighted by Gasteiger charge is 2.36. The Morgan fingerprint density at radius 1 is 1.07 bits per heavy atom. The number of hydrogen-bond acceptors (Lipinski definition) is 4. The van der Waals surface area contributed by atoms with E-state index in [-0.39, 0.29) is 28.5 Å². The van der Waals surface area contributed by atoms with Crippen molar-refractivity contribution in [2.45, 2.75) is 44.4 Å². The van der Waals surface area contributed by atoms with Gasteiger partial charge in [0.05, 0.1) is 10.8 Å². The Kier molecular flexibility index (Phi) is 6.40. The first-order valence-corrected chi connectivity index (χ1v) is 11.5. The number of piperidine rings is 1. The molecule has 1 aliphatic carbocycles. The third-order valence-electron chi connectivity index (χ3n) is 5.50. The molecule has 7 nitrogen and oxygen atoms in total. The second-order valence-corrected chi connectivity index (χ2v) is 9.44. The van der Waals surface area contributed by atoms with Crippen molar-refractivity contribution in [3.63, 3.8) is 0 Å². The molecule has 1 N–H and O–H groups in total. The maximum Gasteiger partial charge on any atom is 0.243 e. The smallest absolute Gasteiger partial charge is 0.243 e. The fourth-order valence-corrected chi connectivity index (χ4v) is 5.10. The molecule has 3 rings (SSSR count). The number of amides is 2. The predicted octanol–water partition coefficient (Wildman–Crippen LogP) is 2.30. The molecule has 2 amide bonds. The molecule has 28 heavy (non-hydrogen) atoms. The molecule has 0 aromatic heterocycles. The van der Waals surface area contributed by atoms with Gasteiger partial charge in [-0.25, -0.2) is 8.42 Å². The molecule has 0 bridgehead atoms. The van der Waals surface area contributed by atoms with Crippen LogP contribution in [0.5, 0.6) is 0 Å². The van der Waals surface area contributed by atoms with E-state index in [1.807, 2.05) is 4.90 Å². The van der Waals surface area contributed by atoms with Gasteiger partial charge in [-0.05, 0) is 49.9 Å². The summed E-state index contributed by atoms with van der Waals surface area (Å²) in [7, 11) is -3.51. The number of benzene rings is 1. The summed E-state index contributed by atoms with van der Waals surface area (Å²) in [6.45, 7) is 5.63. The van der Waals surface area contributed by atoms with Crippen molar-refractivity contribution in [3.05, 3.63) is 24.3 Å². The van der Waals surface area contributed by atoms with Gasteiger partial charge in [-0.2, -0.15) is 4.31 Å². The van der Waals surface area contributed by atoms with Crippen LogP contribution in [0.1, 0.15) is 39.5 Å². The number of nitrogens with zero attached hydrogens (tertiary/aromatic N) is 2. The lowest BCUT2D eigenvalue weighted by atomic mass is 9.96. The molecule has 1 aromatic rings. The van der Waals surface area contributed by atoms with E-state index in [2.05, 4.69) is 5.32 Å². The van der Waals surface area contributed by atoms with Gasteiger partial charge in [0.2, 0.25) is 21.8 Å². The quantitative estimate of drug-likeness (QED) is 0.751. The molecule has 1 unspecified atom stereocenters. The number of sulfonamides is 1. The lowest BCUT2D eigenvalue weighted by Crippen LogP contribution is -2.44. The van der Waals surface area contributed by atoms with Crippen molar-refractivity contribution in [2.75, 3.05) is 31.5 Å². The first-order chi connectivity index (χ1) is 13.4. The number of anilines is 1. The fraction of sp³-hybridized carbons (Fsp3) is 0.600. The Hall–Kier alpha value is -1.93. The Bertz CT molecular complexity index is 814. The summed E-state index contributed by atoms with van der Waals surface area (Å²) in [6.07, 6.45) is 3.52. The Morgan fingerprint density at radius 2 is 1.71 bits per heavy atom. The van der Waals surface area contributed by atoms with Crippen molar-refractivity contribution in [3.8, 4) is 0 Å². The van der Waals surface area contributed by atoms with Crippen LogP contribution in [0, 0.1) is 11.8 Å². The number of carbonyl (C=O) groups is 2. The molecule has 0 radical (unpaired) electrons. The van der Waals surface area contributed by atoms with Crippen molar-refractivity contribution in [1.29, 1.82) is 0 Å². The van der Waals surface area contributed by atoms with Crippen LogP contribution in [0.4, 0.5) is 5.69 Å². The molecule has 8 heteroatoms. The fourth-order valence-electron chi connectivity index (χ4n) is 3.65. The summed E-state index contributed by atoms with van der Waals surface area (Å²) in [5.41, 5.74) is 0.564. The highest BCUT2D eigenvalue weighted by atomic mass is 32.2. The molecule has 2 aliphatic rings. The van der Waals surface area contributed by atoms with Crippen molar-refractivity contribution in [1.82, 2.24) is 9.21 Å². The Morgan fingerprint density at radius 3 is 2.29 bits per heavy atom. The minimum atomic E-state index is -3.51.